The number of nitrogens with one attached hydrogen (secondary N) is 1. The summed E-state index contributed by atoms with van der Waals surface area (Å²) in [5, 5.41) is 2.86. The van der Waals surface area contributed by atoms with Crippen LogP contribution in [0.15, 0.2) is 36.4 Å². The van der Waals surface area contributed by atoms with Crippen molar-refractivity contribution in [1.29, 1.82) is 0 Å². The summed E-state index contributed by atoms with van der Waals surface area (Å²) in [7, 11) is 0. The topological polar surface area (TPSA) is 55.4 Å². The number of rotatable bonds is 4. The van der Waals surface area contributed by atoms with E-state index < -0.39 is 23.8 Å². The van der Waals surface area contributed by atoms with Crippen molar-refractivity contribution in [2.45, 2.75) is 26.9 Å². The molecule has 126 valence electrons. The molecule has 0 unspecified atom stereocenters. The van der Waals surface area contributed by atoms with Crippen molar-refractivity contribution < 1.29 is 18.7 Å². The van der Waals surface area contributed by atoms with Crippen LogP contribution in [0, 0.1) is 19.7 Å². The molecule has 0 aromatic heterocycles. The fraction of sp³-hybridized carbons (Fsp3) is 0.222. The summed E-state index contributed by atoms with van der Waals surface area (Å²) in [6.07, 6.45) is -1.08. The molecule has 2 aromatic rings. The van der Waals surface area contributed by atoms with Gasteiger partial charge in [-0.15, -0.1) is 0 Å². The third kappa shape index (κ3) is 4.32. The Hall–Kier alpha value is -2.40. The van der Waals surface area contributed by atoms with E-state index in [4.69, 9.17) is 16.3 Å². The molecule has 0 bridgehead atoms. The first-order valence-corrected chi connectivity index (χ1v) is 7.70. The average molecular weight is 350 g/mol. The van der Waals surface area contributed by atoms with Gasteiger partial charge in [0.2, 0.25) is 0 Å². The van der Waals surface area contributed by atoms with Crippen LogP contribution in [0.3, 0.4) is 0 Å². The van der Waals surface area contributed by atoms with E-state index in [0.717, 1.165) is 17.2 Å². The lowest BCUT2D eigenvalue weighted by atomic mass is 10.1. The van der Waals surface area contributed by atoms with E-state index in [1.54, 1.807) is 6.07 Å². The summed E-state index contributed by atoms with van der Waals surface area (Å²) in [6.45, 7) is 5.23. The van der Waals surface area contributed by atoms with Crippen molar-refractivity contribution in [2.75, 3.05) is 5.32 Å². The molecule has 24 heavy (non-hydrogen) atoms. The quantitative estimate of drug-likeness (QED) is 0.838. The lowest BCUT2D eigenvalue weighted by molar-refractivity contribution is -0.123. The number of carbonyl (C=O) groups is 2. The Morgan fingerprint density at radius 2 is 1.88 bits per heavy atom. The SMILES string of the molecule is Cc1ccc(NC(=O)[C@H](C)OC(=O)c2ccc(Cl)cc2F)c(C)c1. The highest BCUT2D eigenvalue weighted by Gasteiger charge is 2.21. The van der Waals surface area contributed by atoms with Gasteiger partial charge in [0.1, 0.15) is 5.82 Å². The Balaban J connectivity index is 2.04. The molecular formula is C18H17ClFNO3. The van der Waals surface area contributed by atoms with Gasteiger partial charge >= 0.3 is 5.97 Å². The molecule has 1 atom stereocenters. The van der Waals surface area contributed by atoms with Crippen molar-refractivity contribution in [2.24, 2.45) is 0 Å². The highest BCUT2D eigenvalue weighted by atomic mass is 35.5. The van der Waals surface area contributed by atoms with E-state index in [1.165, 1.54) is 19.1 Å². The van der Waals surface area contributed by atoms with Crippen molar-refractivity contribution in [1.82, 2.24) is 0 Å². The Labute approximate surface area is 144 Å². The average Bonchev–Trinajstić information content (AvgIpc) is 2.49. The van der Waals surface area contributed by atoms with Gasteiger partial charge in [-0.3, -0.25) is 4.79 Å². The Morgan fingerprint density at radius 1 is 1.17 bits per heavy atom. The molecule has 0 heterocycles. The van der Waals surface area contributed by atoms with Crippen LogP contribution in [0.25, 0.3) is 0 Å². The van der Waals surface area contributed by atoms with Crippen LogP contribution in [0.5, 0.6) is 0 Å². The summed E-state index contributed by atoms with van der Waals surface area (Å²) in [5.74, 6) is -2.22. The van der Waals surface area contributed by atoms with Crippen LogP contribution in [0.2, 0.25) is 5.02 Å². The summed E-state index contributed by atoms with van der Waals surface area (Å²) in [4.78, 5) is 24.1. The Kier molecular flexibility index (Phi) is 5.57. The number of aryl methyl sites for hydroxylation is 2. The van der Waals surface area contributed by atoms with E-state index in [9.17, 15) is 14.0 Å². The highest BCUT2D eigenvalue weighted by Crippen LogP contribution is 2.18. The van der Waals surface area contributed by atoms with Gasteiger partial charge in [-0.25, -0.2) is 9.18 Å². The van der Waals surface area contributed by atoms with Crippen molar-refractivity contribution >= 4 is 29.2 Å². The zero-order valence-corrected chi connectivity index (χ0v) is 14.3. The van der Waals surface area contributed by atoms with E-state index >= 15 is 0 Å². The maximum absolute atomic E-state index is 13.7. The largest absolute Gasteiger partial charge is 0.449 e. The number of halogens is 2. The normalized spacial score (nSPS) is 11.7. The summed E-state index contributed by atoms with van der Waals surface area (Å²) in [5.41, 5.74) is 2.32. The lowest BCUT2D eigenvalue weighted by Gasteiger charge is -2.15. The standard InChI is InChI=1S/C18H17ClFNO3/c1-10-4-7-16(11(2)8-10)21-17(22)12(3)24-18(23)14-6-5-13(19)9-15(14)20/h4-9,12H,1-3H3,(H,21,22)/t12-/m0/s1. The van der Waals surface area contributed by atoms with Crippen LogP contribution >= 0.6 is 11.6 Å². The minimum Gasteiger partial charge on any atom is -0.449 e. The number of carbonyl (C=O) groups excluding carboxylic acids is 2. The smallest absolute Gasteiger partial charge is 0.341 e. The van der Waals surface area contributed by atoms with E-state index in [-0.39, 0.29) is 10.6 Å². The first kappa shape index (κ1) is 17.9. The van der Waals surface area contributed by atoms with Gasteiger partial charge in [0.15, 0.2) is 6.10 Å². The predicted octanol–water partition coefficient (Wildman–Crippen LogP) is 4.28. The van der Waals surface area contributed by atoms with Crippen LogP contribution in [0.1, 0.15) is 28.4 Å². The van der Waals surface area contributed by atoms with Crippen molar-refractivity contribution in [3.05, 3.63) is 63.9 Å². The van der Waals surface area contributed by atoms with Crippen molar-refractivity contribution in [3.63, 3.8) is 0 Å². The van der Waals surface area contributed by atoms with Crippen LogP contribution in [0.4, 0.5) is 10.1 Å². The molecule has 0 saturated heterocycles. The molecule has 6 heteroatoms. The lowest BCUT2D eigenvalue weighted by Crippen LogP contribution is -2.30. The third-order valence-corrected chi connectivity index (χ3v) is 3.68. The molecule has 1 N–H and O–H groups in total. The van der Waals surface area contributed by atoms with Crippen LogP contribution in [-0.2, 0) is 9.53 Å². The number of hydrogen-bond acceptors (Lipinski definition) is 3. The van der Waals surface area contributed by atoms with Gasteiger partial charge in [-0.05, 0) is 50.6 Å². The fourth-order valence-corrected chi connectivity index (χ4v) is 2.28. The number of anilines is 1. The van der Waals surface area contributed by atoms with E-state index in [1.807, 2.05) is 26.0 Å². The number of benzene rings is 2. The second-order valence-corrected chi connectivity index (χ2v) is 5.92. The molecule has 0 radical (unpaired) electrons. The van der Waals surface area contributed by atoms with Gasteiger partial charge in [0, 0.05) is 10.7 Å². The Morgan fingerprint density at radius 3 is 2.50 bits per heavy atom. The molecule has 2 rings (SSSR count). The molecule has 2 aromatic carbocycles. The highest BCUT2D eigenvalue weighted by molar-refractivity contribution is 6.30. The van der Waals surface area contributed by atoms with Crippen LogP contribution < -0.4 is 5.32 Å². The molecule has 0 fully saturated rings. The van der Waals surface area contributed by atoms with Crippen molar-refractivity contribution in [3.8, 4) is 0 Å². The number of esters is 1. The zero-order chi connectivity index (χ0) is 17.9. The van der Waals surface area contributed by atoms with Crippen LogP contribution in [-0.4, -0.2) is 18.0 Å². The first-order chi connectivity index (χ1) is 11.3. The maximum Gasteiger partial charge on any atom is 0.341 e. The third-order valence-electron chi connectivity index (χ3n) is 3.44. The van der Waals surface area contributed by atoms with Gasteiger partial charge in [0.25, 0.3) is 5.91 Å². The summed E-state index contributed by atoms with van der Waals surface area (Å²) >= 11 is 5.64. The molecule has 0 aliphatic heterocycles. The van der Waals surface area contributed by atoms with Gasteiger partial charge in [0.05, 0.1) is 5.56 Å². The first-order valence-electron chi connectivity index (χ1n) is 7.32. The zero-order valence-electron chi connectivity index (χ0n) is 13.5. The second-order valence-electron chi connectivity index (χ2n) is 5.48. The predicted molar refractivity (Wildman–Crippen MR) is 90.8 cm³/mol. The summed E-state index contributed by atoms with van der Waals surface area (Å²) < 4.78 is 18.7. The molecule has 0 aliphatic carbocycles. The minimum absolute atomic E-state index is 0.171. The second kappa shape index (κ2) is 7.45. The Bertz CT molecular complexity index is 792. The fourth-order valence-electron chi connectivity index (χ4n) is 2.12. The molecule has 1 amide bonds. The molecule has 0 spiro atoms. The maximum atomic E-state index is 13.7. The van der Waals surface area contributed by atoms with Gasteiger partial charge < -0.3 is 10.1 Å². The van der Waals surface area contributed by atoms with Gasteiger partial charge in [-0.1, -0.05) is 29.3 Å². The minimum atomic E-state index is -1.08. The monoisotopic (exact) mass is 349 g/mol. The van der Waals surface area contributed by atoms with E-state index in [0.29, 0.717) is 5.69 Å². The molecular weight excluding hydrogens is 333 g/mol. The molecule has 0 aliphatic rings. The summed E-state index contributed by atoms with van der Waals surface area (Å²) in [6, 6.07) is 9.17. The number of hydrogen-bond donors (Lipinski definition) is 1. The number of ether oxygens (including phenoxy) is 1. The molecule has 0 saturated carbocycles. The van der Waals surface area contributed by atoms with Gasteiger partial charge in [-0.2, -0.15) is 0 Å². The molecule has 4 nitrogen and oxygen atoms in total. The van der Waals surface area contributed by atoms with E-state index in [2.05, 4.69) is 5.32 Å². The number of amides is 1.